The number of benzene rings is 10. The van der Waals surface area contributed by atoms with Gasteiger partial charge in [0.25, 0.3) is 0 Å². The molecule has 314 valence electrons. The van der Waals surface area contributed by atoms with Crippen molar-refractivity contribution in [2.24, 2.45) is 0 Å². The third kappa shape index (κ3) is 4.84. The molecule has 3 aromatic heterocycles. The second kappa shape index (κ2) is 13.6. The van der Waals surface area contributed by atoms with Gasteiger partial charge < -0.3 is 18.4 Å². The van der Waals surface area contributed by atoms with Crippen molar-refractivity contribution >= 4 is 115 Å². The number of para-hydroxylation sites is 4. The first-order chi connectivity index (χ1) is 33.1. The second-order valence-corrected chi connectivity index (χ2v) is 21.7. The molecule has 0 bridgehead atoms. The van der Waals surface area contributed by atoms with E-state index >= 15 is 4.57 Å². The fourth-order valence-electron chi connectivity index (χ4n) is 11.9. The maximum Gasteiger partial charge on any atom is 0.171 e. The fraction of sp³-hybridized carbons (Fsp3) is 0.0164. The Morgan fingerprint density at radius 3 is 1.96 bits per heavy atom. The number of thiophene rings is 1. The van der Waals surface area contributed by atoms with Crippen molar-refractivity contribution in [2.75, 3.05) is 4.90 Å². The lowest BCUT2D eigenvalue weighted by Gasteiger charge is -2.50. The van der Waals surface area contributed by atoms with Crippen LogP contribution in [0.25, 0.3) is 69.6 Å². The van der Waals surface area contributed by atoms with Gasteiger partial charge in [-0.2, -0.15) is 0 Å². The van der Waals surface area contributed by atoms with Crippen LogP contribution >= 0.6 is 18.5 Å². The zero-order chi connectivity index (χ0) is 44.0. The van der Waals surface area contributed by atoms with Gasteiger partial charge in [-0.1, -0.05) is 152 Å². The van der Waals surface area contributed by atoms with E-state index in [9.17, 15) is 0 Å². The Hall–Kier alpha value is -7.95. The first-order valence-corrected chi connectivity index (χ1v) is 25.3. The summed E-state index contributed by atoms with van der Waals surface area (Å²) in [5.74, 6) is 0. The van der Waals surface area contributed by atoms with Gasteiger partial charge in [-0.15, -0.1) is 11.3 Å². The Morgan fingerprint density at radius 1 is 0.403 bits per heavy atom. The van der Waals surface area contributed by atoms with E-state index in [1.807, 2.05) is 53.8 Å². The molecule has 0 N–H and O–H groups in total. The minimum Gasteiger partial charge on any atom is -0.456 e. The van der Waals surface area contributed by atoms with Gasteiger partial charge in [-0.05, 0) is 95.1 Å². The first-order valence-electron chi connectivity index (χ1n) is 22.8. The molecule has 0 radical (unpaired) electrons. The molecular weight excluding hydrogens is 856 g/mol. The minimum atomic E-state index is -3.50. The average molecular weight is 893 g/mol. The first kappa shape index (κ1) is 37.3. The summed E-state index contributed by atoms with van der Waals surface area (Å²) >= 11 is 1.85. The molecule has 4 nitrogen and oxygen atoms in total. The van der Waals surface area contributed by atoms with Gasteiger partial charge >= 0.3 is 0 Å². The van der Waals surface area contributed by atoms with Crippen LogP contribution in [0.4, 0.5) is 17.1 Å². The largest absolute Gasteiger partial charge is 0.456 e. The molecule has 10 aromatic carbocycles. The summed E-state index contributed by atoms with van der Waals surface area (Å²) in [5.41, 5.74) is 11.5. The molecule has 0 saturated carbocycles. The minimum absolute atomic E-state index is 0.732. The number of hydrogen-bond acceptors (Lipinski definition) is 4. The van der Waals surface area contributed by atoms with E-state index in [1.165, 1.54) is 36.5 Å². The van der Waals surface area contributed by atoms with E-state index in [4.69, 9.17) is 4.42 Å². The van der Waals surface area contributed by atoms with Crippen molar-refractivity contribution in [3.8, 4) is 5.69 Å². The molecular formula is C61H37N2O2PS. The molecule has 2 aliphatic rings. The van der Waals surface area contributed by atoms with Crippen LogP contribution in [0.15, 0.2) is 229 Å². The summed E-state index contributed by atoms with van der Waals surface area (Å²) in [6.07, 6.45) is 0. The van der Waals surface area contributed by atoms with Crippen molar-refractivity contribution in [2.45, 2.75) is 5.41 Å². The van der Waals surface area contributed by atoms with Crippen LogP contribution in [-0.4, -0.2) is 4.57 Å². The van der Waals surface area contributed by atoms with E-state index in [1.54, 1.807) is 0 Å². The number of rotatable bonds is 3. The third-order valence-electron chi connectivity index (χ3n) is 14.6. The maximum atomic E-state index is 16.8. The molecule has 13 aromatic rings. The molecule has 0 aliphatic carbocycles. The number of aromatic nitrogens is 1. The summed E-state index contributed by atoms with van der Waals surface area (Å²) < 4.78 is 28.5. The molecule has 2 aliphatic heterocycles. The Kier molecular flexibility index (Phi) is 7.55. The molecule has 0 amide bonds. The molecule has 67 heavy (non-hydrogen) atoms. The predicted molar refractivity (Wildman–Crippen MR) is 280 cm³/mol. The molecule has 2 unspecified atom stereocenters. The average Bonchev–Trinajstić information content (AvgIpc) is 4.05. The highest BCUT2D eigenvalue weighted by Gasteiger charge is 2.55. The Balaban J connectivity index is 1.10. The standard InChI is InChI=1S/C61H37N2O2PS/c64-66(40-19-5-2-6-20-40)57-29-15-11-25-49(57)61(50-35-45-42-22-8-14-28-55(42)65-56(45)37-58(50)66)47-24-10-13-27-52(47)62(38-17-3-1-4-18-38)54-33-39(31-32-48(54)61)63-51-26-12-7-21-41(51)44-34-46-43-23-9-16-30-59(43)67-60(46)36-53(44)63/h1-37H. The Bertz CT molecular complexity index is 4280. The lowest BCUT2D eigenvalue weighted by molar-refractivity contribution is 0.590. The van der Waals surface area contributed by atoms with Crippen LogP contribution in [0.1, 0.15) is 22.3 Å². The predicted octanol–water partition coefficient (Wildman–Crippen LogP) is 15.2. The highest BCUT2D eigenvalue weighted by atomic mass is 32.1. The Morgan fingerprint density at radius 2 is 1.09 bits per heavy atom. The van der Waals surface area contributed by atoms with Gasteiger partial charge in [-0.25, -0.2) is 0 Å². The highest BCUT2D eigenvalue weighted by molar-refractivity contribution is 7.85. The van der Waals surface area contributed by atoms with Gasteiger partial charge in [0.1, 0.15) is 11.2 Å². The monoisotopic (exact) mass is 892 g/mol. The van der Waals surface area contributed by atoms with E-state index < -0.39 is 12.6 Å². The van der Waals surface area contributed by atoms with Crippen molar-refractivity contribution in [3.05, 3.63) is 247 Å². The highest BCUT2D eigenvalue weighted by Crippen LogP contribution is 2.63. The van der Waals surface area contributed by atoms with E-state index in [0.29, 0.717) is 0 Å². The van der Waals surface area contributed by atoms with Crippen molar-refractivity contribution in [1.29, 1.82) is 0 Å². The molecule has 15 rings (SSSR count). The summed E-state index contributed by atoms with van der Waals surface area (Å²) in [7, 11) is -3.50. The molecule has 0 saturated heterocycles. The van der Waals surface area contributed by atoms with Crippen LogP contribution in [0.2, 0.25) is 0 Å². The lowest BCUT2D eigenvalue weighted by atomic mass is 9.62. The zero-order valence-electron chi connectivity index (χ0n) is 35.9. The van der Waals surface area contributed by atoms with E-state index in [0.717, 1.165) is 88.4 Å². The number of nitrogens with zero attached hydrogens (tertiary/aromatic N) is 2. The van der Waals surface area contributed by atoms with Gasteiger partial charge in [0.2, 0.25) is 0 Å². The zero-order valence-corrected chi connectivity index (χ0v) is 37.6. The normalized spacial score (nSPS) is 17.4. The quantitative estimate of drug-likeness (QED) is 0.166. The maximum absolute atomic E-state index is 16.8. The fourth-order valence-corrected chi connectivity index (χ4v) is 16.2. The number of fused-ring (bicyclic) bond motifs is 17. The number of hydrogen-bond donors (Lipinski definition) is 0. The van der Waals surface area contributed by atoms with Crippen molar-refractivity contribution in [3.63, 3.8) is 0 Å². The van der Waals surface area contributed by atoms with Gasteiger partial charge in [0, 0.05) is 69.0 Å². The van der Waals surface area contributed by atoms with Crippen molar-refractivity contribution < 1.29 is 8.98 Å². The van der Waals surface area contributed by atoms with Gasteiger partial charge in [0.05, 0.1) is 27.8 Å². The summed E-state index contributed by atoms with van der Waals surface area (Å²) in [6, 6.07) is 80.4. The van der Waals surface area contributed by atoms with Crippen LogP contribution in [0, 0.1) is 0 Å². The Labute approximate surface area is 389 Å². The smallest absolute Gasteiger partial charge is 0.171 e. The molecule has 5 heterocycles. The topological polar surface area (TPSA) is 38.4 Å². The van der Waals surface area contributed by atoms with Gasteiger partial charge in [-0.3, -0.25) is 0 Å². The molecule has 6 heteroatoms. The lowest BCUT2D eigenvalue weighted by Crippen LogP contribution is -2.49. The number of anilines is 3. The van der Waals surface area contributed by atoms with Crippen LogP contribution < -0.4 is 20.8 Å². The van der Waals surface area contributed by atoms with Crippen LogP contribution in [0.3, 0.4) is 0 Å². The molecule has 0 fully saturated rings. The van der Waals surface area contributed by atoms with E-state index in [2.05, 4.69) is 191 Å². The van der Waals surface area contributed by atoms with Crippen LogP contribution in [-0.2, 0) is 9.98 Å². The summed E-state index contributed by atoms with van der Waals surface area (Å²) in [4.78, 5) is 2.44. The van der Waals surface area contributed by atoms with E-state index in [-0.39, 0.29) is 0 Å². The summed E-state index contributed by atoms with van der Waals surface area (Å²) in [5, 5.41) is 9.53. The third-order valence-corrected chi connectivity index (χ3v) is 18.9. The SMILES string of the molecule is O=P1(c2ccccc2)c2ccccc2C2(c3ccccc3N(c3ccccc3)c3cc(-n4c5ccccc5c5cc6c(cc54)sc4ccccc46)ccc32)c2cc3c(cc21)oc1ccccc13. The van der Waals surface area contributed by atoms with Crippen molar-refractivity contribution in [1.82, 2.24) is 4.57 Å². The summed E-state index contributed by atoms with van der Waals surface area (Å²) in [6.45, 7) is 0. The second-order valence-electron chi connectivity index (χ2n) is 17.9. The van der Waals surface area contributed by atoms with Gasteiger partial charge in [0.15, 0.2) is 7.14 Å². The van der Waals surface area contributed by atoms with Crippen LogP contribution in [0.5, 0.6) is 0 Å². The molecule has 2 atom stereocenters. The molecule has 1 spiro atoms. The number of furan rings is 1.